The van der Waals surface area contributed by atoms with Gasteiger partial charge < -0.3 is 5.11 Å². The molecule has 104 valence electrons. The number of pyridine rings is 1. The van der Waals surface area contributed by atoms with Gasteiger partial charge in [0.1, 0.15) is 5.82 Å². The number of fused-ring (bicyclic) bond motifs is 1. The predicted molar refractivity (Wildman–Crippen MR) is 79.0 cm³/mol. The number of rotatable bonds is 2. The van der Waals surface area contributed by atoms with E-state index in [0.717, 1.165) is 25.0 Å². The lowest BCUT2D eigenvalue weighted by molar-refractivity contribution is 0.133. The maximum atomic E-state index is 13.6. The Morgan fingerprint density at radius 3 is 3.00 bits per heavy atom. The van der Waals surface area contributed by atoms with Crippen LogP contribution in [0.1, 0.15) is 41.7 Å². The van der Waals surface area contributed by atoms with Crippen molar-refractivity contribution in [3.8, 4) is 0 Å². The fourth-order valence-corrected chi connectivity index (χ4v) is 3.42. The van der Waals surface area contributed by atoms with Crippen LogP contribution in [0.3, 0.4) is 0 Å². The molecule has 2 atom stereocenters. The van der Waals surface area contributed by atoms with Gasteiger partial charge in [-0.05, 0) is 58.5 Å². The summed E-state index contributed by atoms with van der Waals surface area (Å²) in [5.41, 5.74) is 2.73. The Kier molecular flexibility index (Phi) is 3.85. The molecule has 1 heterocycles. The van der Waals surface area contributed by atoms with Crippen LogP contribution in [-0.2, 0) is 6.42 Å². The van der Waals surface area contributed by atoms with Crippen LogP contribution in [0.4, 0.5) is 4.39 Å². The summed E-state index contributed by atoms with van der Waals surface area (Å²) in [6.07, 6.45) is 3.90. The molecule has 1 aromatic heterocycles. The standard InChI is InChI=1S/C16H15BrFNO/c17-14-11(6-2-8-13(14)18)16(20)12-7-1-4-10-5-3-9-19-15(10)12/h2-3,5-6,8-9,12,16,20H,1,4,7H2. The van der Waals surface area contributed by atoms with E-state index in [-0.39, 0.29) is 11.7 Å². The fourth-order valence-electron chi connectivity index (χ4n) is 2.92. The molecule has 2 aromatic rings. The van der Waals surface area contributed by atoms with Crippen LogP contribution < -0.4 is 0 Å². The molecule has 1 aliphatic carbocycles. The summed E-state index contributed by atoms with van der Waals surface area (Å²) in [5.74, 6) is -0.420. The molecule has 2 unspecified atom stereocenters. The van der Waals surface area contributed by atoms with Gasteiger partial charge in [-0.3, -0.25) is 4.98 Å². The van der Waals surface area contributed by atoms with E-state index in [1.165, 1.54) is 11.6 Å². The first-order valence-electron chi connectivity index (χ1n) is 6.74. The highest BCUT2D eigenvalue weighted by atomic mass is 79.9. The van der Waals surface area contributed by atoms with Gasteiger partial charge in [-0.2, -0.15) is 0 Å². The molecular weight excluding hydrogens is 321 g/mol. The van der Waals surface area contributed by atoms with E-state index in [1.54, 1.807) is 18.3 Å². The first-order valence-corrected chi connectivity index (χ1v) is 7.53. The Morgan fingerprint density at radius 2 is 2.15 bits per heavy atom. The number of benzene rings is 1. The fraction of sp³-hybridized carbons (Fsp3) is 0.312. The minimum absolute atomic E-state index is 0.0713. The van der Waals surface area contributed by atoms with Crippen molar-refractivity contribution in [3.05, 3.63) is 63.6 Å². The zero-order valence-electron chi connectivity index (χ0n) is 10.9. The number of aliphatic hydroxyl groups is 1. The van der Waals surface area contributed by atoms with Gasteiger partial charge >= 0.3 is 0 Å². The maximum absolute atomic E-state index is 13.6. The molecule has 0 amide bonds. The highest BCUT2D eigenvalue weighted by Crippen LogP contribution is 2.41. The molecule has 0 bridgehead atoms. The van der Waals surface area contributed by atoms with Crippen molar-refractivity contribution in [1.29, 1.82) is 0 Å². The maximum Gasteiger partial charge on any atom is 0.137 e. The third-order valence-electron chi connectivity index (χ3n) is 3.92. The van der Waals surface area contributed by atoms with Crippen molar-refractivity contribution in [1.82, 2.24) is 4.98 Å². The Hall–Kier alpha value is -1.26. The average Bonchev–Trinajstić information content (AvgIpc) is 2.49. The quantitative estimate of drug-likeness (QED) is 0.894. The molecular formula is C16H15BrFNO. The SMILES string of the molecule is OC(c1cccc(F)c1Br)C1CCCc2cccnc21. The molecule has 3 rings (SSSR count). The largest absolute Gasteiger partial charge is 0.388 e. The molecule has 2 nitrogen and oxygen atoms in total. The van der Waals surface area contributed by atoms with E-state index in [2.05, 4.69) is 27.0 Å². The van der Waals surface area contributed by atoms with Crippen LogP contribution in [0.5, 0.6) is 0 Å². The normalized spacial score (nSPS) is 19.4. The second kappa shape index (κ2) is 5.62. The number of aryl methyl sites for hydroxylation is 1. The zero-order valence-corrected chi connectivity index (χ0v) is 12.5. The van der Waals surface area contributed by atoms with Crippen LogP contribution >= 0.6 is 15.9 Å². The van der Waals surface area contributed by atoms with Crippen molar-refractivity contribution in [2.45, 2.75) is 31.3 Å². The highest BCUT2D eigenvalue weighted by molar-refractivity contribution is 9.10. The molecule has 0 radical (unpaired) electrons. The van der Waals surface area contributed by atoms with Crippen molar-refractivity contribution < 1.29 is 9.50 Å². The monoisotopic (exact) mass is 335 g/mol. The van der Waals surface area contributed by atoms with Crippen molar-refractivity contribution in [3.63, 3.8) is 0 Å². The van der Waals surface area contributed by atoms with E-state index in [4.69, 9.17) is 0 Å². The average molecular weight is 336 g/mol. The Labute approximate surface area is 125 Å². The lowest BCUT2D eigenvalue weighted by atomic mass is 9.81. The third-order valence-corrected chi connectivity index (χ3v) is 4.76. The minimum atomic E-state index is -0.742. The van der Waals surface area contributed by atoms with Crippen molar-refractivity contribution >= 4 is 15.9 Å². The van der Waals surface area contributed by atoms with E-state index in [9.17, 15) is 9.50 Å². The zero-order chi connectivity index (χ0) is 14.1. The first-order chi connectivity index (χ1) is 9.68. The van der Waals surface area contributed by atoms with E-state index < -0.39 is 6.10 Å². The van der Waals surface area contributed by atoms with Crippen molar-refractivity contribution in [2.75, 3.05) is 0 Å². The van der Waals surface area contributed by atoms with Gasteiger partial charge in [-0.1, -0.05) is 18.2 Å². The number of aliphatic hydroxyl groups excluding tert-OH is 1. The van der Waals surface area contributed by atoms with Crippen LogP contribution in [-0.4, -0.2) is 10.1 Å². The smallest absolute Gasteiger partial charge is 0.137 e. The first kappa shape index (κ1) is 13.7. The summed E-state index contributed by atoms with van der Waals surface area (Å²) in [5, 5.41) is 10.7. The summed E-state index contributed by atoms with van der Waals surface area (Å²) in [6.45, 7) is 0. The van der Waals surface area contributed by atoms with Gasteiger partial charge in [0.15, 0.2) is 0 Å². The highest BCUT2D eigenvalue weighted by Gasteiger charge is 2.30. The second-order valence-corrected chi connectivity index (χ2v) is 5.93. The molecule has 1 aromatic carbocycles. The van der Waals surface area contributed by atoms with Crippen LogP contribution in [0.25, 0.3) is 0 Å². The van der Waals surface area contributed by atoms with Gasteiger partial charge in [-0.15, -0.1) is 0 Å². The summed E-state index contributed by atoms with van der Waals surface area (Å²) >= 11 is 3.23. The lowest BCUT2D eigenvalue weighted by Gasteiger charge is -2.29. The van der Waals surface area contributed by atoms with E-state index in [1.807, 2.05) is 6.07 Å². The van der Waals surface area contributed by atoms with Gasteiger partial charge in [0.2, 0.25) is 0 Å². The van der Waals surface area contributed by atoms with E-state index in [0.29, 0.717) is 10.0 Å². The lowest BCUT2D eigenvalue weighted by Crippen LogP contribution is -2.19. The van der Waals surface area contributed by atoms with Crippen molar-refractivity contribution in [2.24, 2.45) is 0 Å². The molecule has 0 spiro atoms. The predicted octanol–water partition coefficient (Wildman–Crippen LogP) is 4.14. The number of hydrogen-bond acceptors (Lipinski definition) is 2. The second-order valence-electron chi connectivity index (χ2n) is 5.13. The van der Waals surface area contributed by atoms with Gasteiger partial charge in [0.25, 0.3) is 0 Å². The van der Waals surface area contributed by atoms with Crippen LogP contribution in [0, 0.1) is 5.82 Å². The molecule has 0 aliphatic heterocycles. The molecule has 0 fully saturated rings. The summed E-state index contributed by atoms with van der Waals surface area (Å²) in [7, 11) is 0. The molecule has 20 heavy (non-hydrogen) atoms. The molecule has 4 heteroatoms. The number of nitrogens with zero attached hydrogens (tertiary/aromatic N) is 1. The minimum Gasteiger partial charge on any atom is -0.388 e. The van der Waals surface area contributed by atoms with Gasteiger partial charge in [0, 0.05) is 17.8 Å². The number of hydrogen-bond donors (Lipinski definition) is 1. The summed E-state index contributed by atoms with van der Waals surface area (Å²) < 4.78 is 14.0. The van der Waals surface area contributed by atoms with Gasteiger partial charge in [-0.25, -0.2) is 4.39 Å². The Morgan fingerprint density at radius 1 is 1.30 bits per heavy atom. The van der Waals surface area contributed by atoms with Crippen LogP contribution in [0.15, 0.2) is 41.0 Å². The molecule has 1 N–H and O–H groups in total. The molecule has 0 saturated heterocycles. The van der Waals surface area contributed by atoms with E-state index >= 15 is 0 Å². The Balaban J connectivity index is 2.00. The summed E-state index contributed by atoms with van der Waals surface area (Å²) in [6, 6.07) is 8.75. The third kappa shape index (κ3) is 2.38. The van der Waals surface area contributed by atoms with Gasteiger partial charge in [0.05, 0.1) is 10.6 Å². The molecule has 0 saturated carbocycles. The molecule has 1 aliphatic rings. The Bertz CT molecular complexity index is 632. The summed E-state index contributed by atoms with van der Waals surface area (Å²) in [4.78, 5) is 4.43. The number of halogens is 2. The number of aromatic nitrogens is 1. The topological polar surface area (TPSA) is 33.1 Å². The van der Waals surface area contributed by atoms with Crippen LogP contribution in [0.2, 0.25) is 0 Å².